The molecule has 7 nitrogen and oxygen atoms in total. The van der Waals surface area contributed by atoms with Crippen LogP contribution in [-0.2, 0) is 11.0 Å². The van der Waals surface area contributed by atoms with Crippen LogP contribution in [0.1, 0.15) is 11.1 Å². The van der Waals surface area contributed by atoms with Crippen LogP contribution in [0.5, 0.6) is 0 Å². The molecule has 0 saturated carbocycles. The first-order valence-corrected chi connectivity index (χ1v) is 11.8. The molecule has 1 amide bonds. The third kappa shape index (κ3) is 6.14. The van der Waals surface area contributed by atoms with E-state index in [2.05, 4.69) is 41.6 Å². The molecule has 2 aromatic heterocycles. The van der Waals surface area contributed by atoms with Gasteiger partial charge in [-0.15, -0.1) is 10.2 Å². The van der Waals surface area contributed by atoms with Crippen LogP contribution in [0.25, 0.3) is 17.1 Å². The highest BCUT2D eigenvalue weighted by molar-refractivity contribution is 9.10. The van der Waals surface area contributed by atoms with Crippen LogP contribution in [-0.4, -0.2) is 37.6 Å². The van der Waals surface area contributed by atoms with Gasteiger partial charge in [-0.2, -0.15) is 18.3 Å². The molecule has 2 heterocycles. The Morgan fingerprint density at radius 3 is 2.49 bits per heavy atom. The Balaban J connectivity index is 1.49. The number of nitrogens with zero attached hydrogens (tertiary/aromatic N) is 5. The van der Waals surface area contributed by atoms with Crippen molar-refractivity contribution >= 4 is 39.8 Å². The lowest BCUT2D eigenvalue weighted by atomic mass is 10.1. The van der Waals surface area contributed by atoms with Gasteiger partial charge >= 0.3 is 6.18 Å². The zero-order valence-corrected chi connectivity index (χ0v) is 20.2. The highest BCUT2D eigenvalue weighted by Crippen LogP contribution is 2.31. The van der Waals surface area contributed by atoms with Gasteiger partial charge in [-0.1, -0.05) is 45.9 Å². The van der Waals surface area contributed by atoms with Crippen LogP contribution in [0.3, 0.4) is 0 Å². The van der Waals surface area contributed by atoms with Gasteiger partial charge in [0, 0.05) is 33.7 Å². The molecule has 0 atom stereocenters. The number of alkyl halides is 3. The van der Waals surface area contributed by atoms with Crippen molar-refractivity contribution < 1.29 is 18.0 Å². The standard InChI is InChI=1S/C23H16BrF3N6OS/c24-17-5-7-18(8-6-17)33-21(15-9-11-28-12-10-15)31-32-22(33)35-14-20(34)30-29-13-16-3-1-2-4-19(16)23(25,26)27/h1-13H,14H2,(H,30,34). The number of rotatable bonds is 7. The van der Waals surface area contributed by atoms with E-state index >= 15 is 0 Å². The Labute approximate surface area is 210 Å². The molecule has 0 spiro atoms. The Hall–Kier alpha value is -3.51. The second-order valence-electron chi connectivity index (χ2n) is 7.02. The van der Waals surface area contributed by atoms with Gasteiger partial charge in [-0.05, 0) is 42.5 Å². The first-order valence-electron chi connectivity index (χ1n) is 10.1. The number of pyridine rings is 1. The second kappa shape index (κ2) is 10.8. The number of carbonyl (C=O) groups is 1. The van der Waals surface area contributed by atoms with Gasteiger partial charge in [-0.3, -0.25) is 14.3 Å². The van der Waals surface area contributed by atoms with Gasteiger partial charge in [0.25, 0.3) is 5.91 Å². The molecular formula is C23H16BrF3N6OS. The molecular weight excluding hydrogens is 545 g/mol. The molecule has 0 aliphatic carbocycles. The van der Waals surface area contributed by atoms with Crippen molar-refractivity contribution in [2.75, 3.05) is 5.75 Å². The average molecular weight is 561 g/mol. The summed E-state index contributed by atoms with van der Waals surface area (Å²) in [5.74, 6) is -0.0190. The molecule has 0 unspecified atom stereocenters. The summed E-state index contributed by atoms with van der Waals surface area (Å²) in [6, 6.07) is 16.1. The van der Waals surface area contributed by atoms with E-state index in [9.17, 15) is 18.0 Å². The summed E-state index contributed by atoms with van der Waals surface area (Å²) in [7, 11) is 0. The predicted molar refractivity (Wildman–Crippen MR) is 130 cm³/mol. The molecule has 0 fully saturated rings. The largest absolute Gasteiger partial charge is 0.417 e. The number of halogens is 4. The lowest BCUT2D eigenvalue weighted by Crippen LogP contribution is -2.20. The van der Waals surface area contributed by atoms with Gasteiger partial charge in [0.15, 0.2) is 11.0 Å². The Morgan fingerprint density at radius 1 is 1.06 bits per heavy atom. The first kappa shape index (κ1) is 24.6. The molecule has 0 aliphatic rings. The van der Waals surface area contributed by atoms with Crippen molar-refractivity contribution in [2.45, 2.75) is 11.3 Å². The topological polar surface area (TPSA) is 85.1 Å². The highest BCUT2D eigenvalue weighted by atomic mass is 79.9. The van der Waals surface area contributed by atoms with E-state index < -0.39 is 17.6 Å². The van der Waals surface area contributed by atoms with Crippen molar-refractivity contribution in [1.82, 2.24) is 25.2 Å². The summed E-state index contributed by atoms with van der Waals surface area (Å²) in [4.78, 5) is 16.3. The molecule has 2 aromatic carbocycles. The van der Waals surface area contributed by atoms with Crippen LogP contribution in [0.2, 0.25) is 0 Å². The fraction of sp³-hybridized carbons (Fsp3) is 0.0870. The number of hydrogen-bond acceptors (Lipinski definition) is 6. The van der Waals surface area contributed by atoms with Crippen LogP contribution >= 0.6 is 27.7 Å². The number of nitrogens with one attached hydrogen (secondary N) is 1. The number of aromatic nitrogens is 4. The molecule has 12 heteroatoms. The van der Waals surface area contributed by atoms with Crippen molar-refractivity contribution in [3.05, 3.63) is 88.7 Å². The minimum atomic E-state index is -4.52. The molecule has 0 bridgehead atoms. The molecule has 0 radical (unpaired) electrons. The van der Waals surface area contributed by atoms with Crippen LogP contribution < -0.4 is 5.43 Å². The minimum Gasteiger partial charge on any atom is -0.272 e. The maximum atomic E-state index is 13.1. The van der Waals surface area contributed by atoms with Crippen molar-refractivity contribution in [3.63, 3.8) is 0 Å². The SMILES string of the molecule is O=C(CSc1nnc(-c2ccncc2)n1-c1ccc(Br)cc1)NN=Cc1ccccc1C(F)(F)F. The van der Waals surface area contributed by atoms with Crippen LogP contribution in [0, 0.1) is 0 Å². The molecule has 178 valence electrons. The Morgan fingerprint density at radius 2 is 1.77 bits per heavy atom. The van der Waals surface area contributed by atoms with E-state index in [1.54, 1.807) is 24.5 Å². The number of benzene rings is 2. The summed E-state index contributed by atoms with van der Waals surface area (Å²) < 4.78 is 42.0. The first-order chi connectivity index (χ1) is 16.8. The molecule has 4 aromatic rings. The summed E-state index contributed by atoms with van der Waals surface area (Å²) in [5.41, 5.74) is 2.85. The maximum absolute atomic E-state index is 13.1. The third-order valence-corrected chi connectivity index (χ3v) is 6.11. The zero-order chi connectivity index (χ0) is 24.8. The van der Waals surface area contributed by atoms with E-state index in [0.29, 0.717) is 11.0 Å². The molecule has 35 heavy (non-hydrogen) atoms. The molecule has 4 rings (SSSR count). The highest BCUT2D eigenvalue weighted by Gasteiger charge is 2.32. The third-order valence-electron chi connectivity index (χ3n) is 4.65. The van der Waals surface area contributed by atoms with E-state index in [1.165, 1.54) is 18.2 Å². The van der Waals surface area contributed by atoms with Crippen LogP contribution in [0.4, 0.5) is 13.2 Å². The Bertz CT molecular complexity index is 1340. The average Bonchev–Trinajstić information content (AvgIpc) is 3.27. The number of hydrogen-bond donors (Lipinski definition) is 1. The van der Waals surface area contributed by atoms with Gasteiger partial charge in [-0.25, -0.2) is 5.43 Å². The van der Waals surface area contributed by atoms with E-state index in [0.717, 1.165) is 39.8 Å². The van der Waals surface area contributed by atoms with E-state index in [4.69, 9.17) is 0 Å². The van der Waals surface area contributed by atoms with Crippen LogP contribution in [0.15, 0.2) is 87.8 Å². The van der Waals surface area contributed by atoms with Crippen molar-refractivity contribution in [3.8, 4) is 17.1 Å². The number of thioether (sulfide) groups is 1. The van der Waals surface area contributed by atoms with Gasteiger partial charge < -0.3 is 0 Å². The molecule has 0 saturated heterocycles. The fourth-order valence-corrected chi connectivity index (χ4v) is 4.09. The van der Waals surface area contributed by atoms with E-state index in [1.807, 2.05) is 28.8 Å². The summed E-state index contributed by atoms with van der Waals surface area (Å²) >= 11 is 4.53. The minimum absolute atomic E-state index is 0.0801. The van der Waals surface area contributed by atoms with Crippen molar-refractivity contribution in [2.24, 2.45) is 5.10 Å². The van der Waals surface area contributed by atoms with Gasteiger partial charge in [0.05, 0.1) is 17.5 Å². The fourth-order valence-electron chi connectivity index (χ4n) is 3.08. The lowest BCUT2D eigenvalue weighted by Gasteiger charge is -2.10. The summed E-state index contributed by atoms with van der Waals surface area (Å²) in [5, 5.41) is 12.6. The zero-order valence-electron chi connectivity index (χ0n) is 17.8. The quantitative estimate of drug-likeness (QED) is 0.187. The van der Waals surface area contributed by atoms with Crippen molar-refractivity contribution in [1.29, 1.82) is 0 Å². The number of hydrazone groups is 1. The Kier molecular flexibility index (Phi) is 7.61. The van der Waals surface area contributed by atoms with Gasteiger partial charge in [0.2, 0.25) is 0 Å². The maximum Gasteiger partial charge on any atom is 0.417 e. The normalized spacial score (nSPS) is 11.7. The summed E-state index contributed by atoms with van der Waals surface area (Å²) in [6.45, 7) is 0. The number of carbonyl (C=O) groups excluding carboxylic acids is 1. The second-order valence-corrected chi connectivity index (χ2v) is 8.88. The smallest absolute Gasteiger partial charge is 0.272 e. The molecule has 1 N–H and O–H groups in total. The lowest BCUT2D eigenvalue weighted by molar-refractivity contribution is -0.137. The van der Waals surface area contributed by atoms with E-state index in [-0.39, 0.29) is 11.3 Å². The summed E-state index contributed by atoms with van der Waals surface area (Å²) in [6.07, 6.45) is -0.264. The predicted octanol–water partition coefficient (Wildman–Crippen LogP) is 5.35. The monoisotopic (exact) mass is 560 g/mol. The van der Waals surface area contributed by atoms with Gasteiger partial charge in [0.1, 0.15) is 0 Å². The number of amides is 1. The molecule has 0 aliphatic heterocycles.